The summed E-state index contributed by atoms with van der Waals surface area (Å²) >= 11 is 0. The van der Waals surface area contributed by atoms with Gasteiger partial charge in [0.15, 0.2) is 12.4 Å². The van der Waals surface area contributed by atoms with E-state index in [1.54, 1.807) is 0 Å². The van der Waals surface area contributed by atoms with Crippen molar-refractivity contribution in [2.24, 2.45) is 0 Å². The third-order valence-electron chi connectivity index (χ3n) is 3.15. The van der Waals surface area contributed by atoms with Crippen LogP contribution in [0.1, 0.15) is 11.8 Å². The number of aliphatic hydroxyl groups is 2. The molecule has 1 saturated heterocycles. The molecule has 0 aliphatic carbocycles. The minimum atomic E-state index is -2.00. The fourth-order valence-electron chi connectivity index (χ4n) is 2.05. The molecule has 4 N–H and O–H groups in total. The van der Waals surface area contributed by atoms with E-state index in [-0.39, 0.29) is 5.56 Å². The van der Waals surface area contributed by atoms with Crippen molar-refractivity contribution in [2.75, 3.05) is 6.61 Å². The van der Waals surface area contributed by atoms with Crippen molar-refractivity contribution < 1.29 is 29.2 Å². The van der Waals surface area contributed by atoms with Gasteiger partial charge in [0.2, 0.25) is 0 Å². The summed E-state index contributed by atoms with van der Waals surface area (Å²) in [6.45, 7) is -0.651. The van der Waals surface area contributed by atoms with Crippen LogP contribution in [0.25, 0.3) is 6.08 Å². The van der Waals surface area contributed by atoms with Crippen LogP contribution in [-0.4, -0.2) is 55.8 Å². The smallest absolute Gasteiger partial charge is 0.330 e. The largest absolute Gasteiger partial charge is 0.478 e. The number of carbonyl (C=O) groups is 1. The van der Waals surface area contributed by atoms with Gasteiger partial charge in [0, 0.05) is 12.3 Å². The summed E-state index contributed by atoms with van der Waals surface area (Å²) < 4.78 is 19.7. The second-order valence-electron chi connectivity index (χ2n) is 4.61. The Bertz CT molecular complexity index is 710. The molecule has 0 amide bonds. The Morgan fingerprint density at radius 2 is 2.18 bits per heavy atom. The lowest BCUT2D eigenvalue weighted by Crippen LogP contribution is -2.36. The molecule has 1 aliphatic heterocycles. The predicted octanol–water partition coefficient (Wildman–Crippen LogP) is -1.78. The van der Waals surface area contributed by atoms with E-state index in [0.29, 0.717) is 10.6 Å². The predicted molar refractivity (Wildman–Crippen MR) is 69.9 cm³/mol. The number of aromatic nitrogens is 2. The highest BCUT2D eigenvalue weighted by Gasteiger charge is 2.45. The Morgan fingerprint density at radius 3 is 2.73 bits per heavy atom. The van der Waals surface area contributed by atoms with Gasteiger partial charge >= 0.3 is 11.7 Å². The van der Waals surface area contributed by atoms with Gasteiger partial charge in [-0.15, -0.1) is 0 Å². The van der Waals surface area contributed by atoms with Crippen LogP contribution in [0.3, 0.4) is 0 Å². The molecule has 2 rings (SSSR count). The molecule has 2 heterocycles. The van der Waals surface area contributed by atoms with Crippen LogP contribution in [0.15, 0.2) is 21.9 Å². The third kappa shape index (κ3) is 2.98. The van der Waals surface area contributed by atoms with Crippen molar-refractivity contribution in [3.05, 3.63) is 38.7 Å². The monoisotopic (exact) mass is 316 g/mol. The number of alkyl halides is 1. The molecule has 10 heteroatoms. The van der Waals surface area contributed by atoms with E-state index >= 15 is 0 Å². The summed E-state index contributed by atoms with van der Waals surface area (Å²) in [7, 11) is 0. The van der Waals surface area contributed by atoms with Gasteiger partial charge in [-0.1, -0.05) is 0 Å². The molecular formula is C12H13FN2O7. The lowest BCUT2D eigenvalue weighted by molar-refractivity contribution is -0.131. The molecule has 0 spiro atoms. The number of aliphatic carboxylic acids is 1. The van der Waals surface area contributed by atoms with E-state index in [4.69, 9.17) is 14.9 Å². The molecule has 1 aromatic rings. The fourth-order valence-corrected chi connectivity index (χ4v) is 2.05. The molecule has 1 aliphatic rings. The Labute approximate surface area is 121 Å². The molecule has 0 bridgehead atoms. The average molecular weight is 316 g/mol. The lowest BCUT2D eigenvalue weighted by Gasteiger charge is -2.16. The minimum Gasteiger partial charge on any atom is -0.478 e. The second kappa shape index (κ2) is 6.22. The number of rotatable bonds is 4. The number of H-pyrrole nitrogens is 1. The van der Waals surface area contributed by atoms with Crippen molar-refractivity contribution in [3.63, 3.8) is 0 Å². The number of nitrogens with one attached hydrogen (secondary N) is 1. The molecular weight excluding hydrogens is 303 g/mol. The summed E-state index contributed by atoms with van der Waals surface area (Å²) in [6.07, 6.45) is -3.87. The Balaban J connectivity index is 2.44. The molecule has 1 aromatic heterocycles. The number of nitrogens with zero attached hydrogens (tertiary/aromatic N) is 1. The molecule has 22 heavy (non-hydrogen) atoms. The first-order valence-corrected chi connectivity index (χ1v) is 6.20. The maximum Gasteiger partial charge on any atom is 0.330 e. The first-order chi connectivity index (χ1) is 10.3. The number of hydrogen-bond donors (Lipinski definition) is 4. The number of aromatic amines is 1. The van der Waals surface area contributed by atoms with Crippen LogP contribution in [0, 0.1) is 0 Å². The van der Waals surface area contributed by atoms with Crippen LogP contribution in [-0.2, 0) is 9.53 Å². The summed E-state index contributed by atoms with van der Waals surface area (Å²) in [5.74, 6) is -1.31. The highest BCUT2D eigenvalue weighted by molar-refractivity contribution is 5.85. The number of halogens is 1. The highest BCUT2D eigenvalue weighted by atomic mass is 19.1. The van der Waals surface area contributed by atoms with Crippen molar-refractivity contribution in [1.29, 1.82) is 0 Å². The van der Waals surface area contributed by atoms with Gasteiger partial charge in [-0.05, 0) is 6.08 Å². The minimum absolute atomic E-state index is 0.209. The van der Waals surface area contributed by atoms with Crippen molar-refractivity contribution in [1.82, 2.24) is 9.55 Å². The standard InChI is InChI=1S/C12H13FN2O7/c13-8-9(19)6(4-16)22-11(8)15-3-5(1-2-7(17)18)10(20)14-12(15)21/h1-3,6,8-9,11,16,19H,4H2,(H,17,18)(H,14,20,21)/b2-1+/t6-,8+,9-,11-/m1/s1. The average Bonchev–Trinajstić information content (AvgIpc) is 2.74. The highest BCUT2D eigenvalue weighted by Crippen LogP contribution is 2.30. The van der Waals surface area contributed by atoms with Gasteiger partial charge in [-0.3, -0.25) is 14.3 Å². The zero-order valence-electron chi connectivity index (χ0n) is 11.0. The lowest BCUT2D eigenvalue weighted by atomic mass is 10.1. The van der Waals surface area contributed by atoms with Crippen LogP contribution >= 0.6 is 0 Å². The molecule has 0 radical (unpaired) electrons. The Morgan fingerprint density at radius 1 is 1.50 bits per heavy atom. The van der Waals surface area contributed by atoms with Crippen LogP contribution in [0.5, 0.6) is 0 Å². The second-order valence-corrected chi connectivity index (χ2v) is 4.61. The summed E-state index contributed by atoms with van der Waals surface area (Å²) in [5, 5.41) is 27.0. The first kappa shape index (κ1) is 16.1. The van der Waals surface area contributed by atoms with Crippen LogP contribution < -0.4 is 11.2 Å². The van der Waals surface area contributed by atoms with Crippen molar-refractivity contribution in [2.45, 2.75) is 24.6 Å². The maximum atomic E-state index is 14.0. The van der Waals surface area contributed by atoms with Crippen molar-refractivity contribution in [3.8, 4) is 0 Å². The molecule has 0 saturated carbocycles. The van der Waals surface area contributed by atoms with E-state index in [9.17, 15) is 23.9 Å². The zero-order chi connectivity index (χ0) is 16.4. The topological polar surface area (TPSA) is 142 Å². The van der Waals surface area contributed by atoms with Gasteiger partial charge in [0.1, 0.15) is 12.2 Å². The van der Waals surface area contributed by atoms with Crippen LogP contribution in [0.2, 0.25) is 0 Å². The maximum absolute atomic E-state index is 14.0. The van der Waals surface area contributed by atoms with E-state index in [2.05, 4.69) is 0 Å². The zero-order valence-corrected chi connectivity index (χ0v) is 11.0. The number of ether oxygens (including phenoxy) is 1. The van der Waals surface area contributed by atoms with Crippen molar-refractivity contribution >= 4 is 12.0 Å². The fraction of sp³-hybridized carbons (Fsp3) is 0.417. The number of carboxylic acids is 1. The molecule has 1 fully saturated rings. The van der Waals surface area contributed by atoms with E-state index in [0.717, 1.165) is 12.3 Å². The van der Waals surface area contributed by atoms with Gasteiger partial charge in [0.25, 0.3) is 5.56 Å². The summed E-state index contributed by atoms with van der Waals surface area (Å²) in [4.78, 5) is 35.6. The molecule has 0 unspecified atom stereocenters. The molecule has 0 aromatic carbocycles. The van der Waals surface area contributed by atoms with Gasteiger partial charge < -0.3 is 20.1 Å². The van der Waals surface area contributed by atoms with Gasteiger partial charge in [0.05, 0.1) is 12.2 Å². The number of aliphatic hydroxyl groups excluding tert-OH is 2. The summed E-state index contributed by atoms with van der Waals surface area (Å²) in [6, 6.07) is 0. The Hall–Kier alpha value is -2.30. The van der Waals surface area contributed by atoms with Gasteiger partial charge in [-0.25, -0.2) is 14.0 Å². The third-order valence-corrected chi connectivity index (χ3v) is 3.15. The normalized spacial score (nSPS) is 28.3. The number of carboxylic acid groups (broad SMARTS) is 1. The van der Waals surface area contributed by atoms with E-state index in [1.165, 1.54) is 0 Å². The molecule has 120 valence electrons. The molecule has 4 atom stereocenters. The first-order valence-electron chi connectivity index (χ1n) is 6.20. The van der Waals surface area contributed by atoms with E-state index < -0.39 is 48.4 Å². The number of hydrogen-bond acceptors (Lipinski definition) is 6. The SMILES string of the molecule is O=C(O)/C=C/c1cn([C@@H]2O[C@H](CO)[C@@H](O)[C@@H]2F)c(=O)[nH]c1=O. The van der Waals surface area contributed by atoms with E-state index in [1.807, 2.05) is 4.98 Å². The Kier molecular flexibility index (Phi) is 4.54. The van der Waals surface area contributed by atoms with Gasteiger partial charge in [-0.2, -0.15) is 0 Å². The quantitative estimate of drug-likeness (QED) is 0.481. The van der Waals surface area contributed by atoms with Crippen LogP contribution in [0.4, 0.5) is 4.39 Å². The molecule has 9 nitrogen and oxygen atoms in total. The summed E-state index contributed by atoms with van der Waals surface area (Å²) in [5.41, 5.74) is -2.05.